The Morgan fingerprint density at radius 2 is 1.35 bits per heavy atom. The number of carbonyl (C=O) groups is 1. The van der Waals surface area contributed by atoms with E-state index in [2.05, 4.69) is 18.2 Å². The molecule has 3 aromatic rings. The highest BCUT2D eigenvalue weighted by molar-refractivity contribution is 6.08. The van der Waals surface area contributed by atoms with E-state index in [0.717, 1.165) is 23.2 Å². The van der Waals surface area contributed by atoms with Crippen molar-refractivity contribution in [3.63, 3.8) is 0 Å². The van der Waals surface area contributed by atoms with Gasteiger partial charge in [0, 0.05) is 11.3 Å². The molecule has 1 atom stereocenters. The van der Waals surface area contributed by atoms with Crippen molar-refractivity contribution in [1.82, 2.24) is 0 Å². The molecule has 0 bridgehead atoms. The summed E-state index contributed by atoms with van der Waals surface area (Å²) >= 11 is 0. The summed E-state index contributed by atoms with van der Waals surface area (Å²) in [6.45, 7) is 0. The summed E-state index contributed by atoms with van der Waals surface area (Å²) in [6.07, 6.45) is 0.834. The first-order valence-electron chi connectivity index (χ1n) is 7.86. The summed E-state index contributed by atoms with van der Waals surface area (Å²) in [5.74, 6) is 0.0758. The van der Waals surface area contributed by atoms with Crippen molar-refractivity contribution in [2.45, 2.75) is 12.5 Å². The Kier molecular flexibility index (Phi) is 3.43. The van der Waals surface area contributed by atoms with Crippen LogP contribution in [0.5, 0.6) is 0 Å². The molecule has 0 aromatic heterocycles. The van der Waals surface area contributed by atoms with Crippen molar-refractivity contribution in [3.8, 4) is 0 Å². The molecule has 112 valence electrons. The van der Waals surface area contributed by atoms with Gasteiger partial charge in [0.1, 0.15) is 0 Å². The van der Waals surface area contributed by atoms with Crippen LogP contribution in [0.25, 0.3) is 0 Å². The first-order chi connectivity index (χ1) is 11.3. The third-order valence-corrected chi connectivity index (χ3v) is 4.41. The lowest BCUT2D eigenvalue weighted by molar-refractivity contribution is 0.0967. The van der Waals surface area contributed by atoms with E-state index < -0.39 is 0 Å². The number of anilines is 1. The second-order valence-electron chi connectivity index (χ2n) is 5.80. The van der Waals surface area contributed by atoms with Gasteiger partial charge in [-0.15, -0.1) is 0 Å². The van der Waals surface area contributed by atoms with Crippen LogP contribution in [-0.2, 0) is 6.42 Å². The van der Waals surface area contributed by atoms with Crippen LogP contribution < -0.4 is 4.90 Å². The summed E-state index contributed by atoms with van der Waals surface area (Å²) in [6, 6.07) is 28.2. The molecule has 4 rings (SSSR count). The summed E-state index contributed by atoms with van der Waals surface area (Å²) in [4.78, 5) is 15.1. The minimum Gasteiger partial charge on any atom is -0.301 e. The Balaban J connectivity index is 1.87. The largest absolute Gasteiger partial charge is 0.301 e. The maximum Gasteiger partial charge on any atom is 0.259 e. The number of para-hydroxylation sites is 1. The van der Waals surface area contributed by atoms with Crippen LogP contribution >= 0.6 is 0 Å². The first kappa shape index (κ1) is 13.8. The van der Waals surface area contributed by atoms with Gasteiger partial charge in [0.25, 0.3) is 5.91 Å². The molecule has 0 spiro atoms. The Morgan fingerprint density at radius 1 is 0.739 bits per heavy atom. The van der Waals surface area contributed by atoms with Crippen LogP contribution in [0, 0.1) is 0 Å². The van der Waals surface area contributed by atoms with Crippen molar-refractivity contribution >= 4 is 11.6 Å². The molecule has 0 N–H and O–H groups in total. The van der Waals surface area contributed by atoms with Crippen molar-refractivity contribution in [2.75, 3.05) is 4.90 Å². The molecule has 23 heavy (non-hydrogen) atoms. The molecular formula is C21H17NO. The Morgan fingerprint density at radius 3 is 2.09 bits per heavy atom. The van der Waals surface area contributed by atoms with Gasteiger partial charge in [-0.25, -0.2) is 0 Å². The molecule has 2 heteroatoms. The fourth-order valence-corrected chi connectivity index (χ4v) is 3.31. The Hall–Kier alpha value is -2.87. The predicted molar refractivity (Wildman–Crippen MR) is 92.6 cm³/mol. The van der Waals surface area contributed by atoms with Crippen molar-refractivity contribution in [1.29, 1.82) is 0 Å². The summed E-state index contributed by atoms with van der Waals surface area (Å²) in [7, 11) is 0. The van der Waals surface area contributed by atoms with E-state index in [1.165, 1.54) is 5.56 Å². The van der Waals surface area contributed by atoms with E-state index in [1.807, 2.05) is 71.6 Å². The highest BCUT2D eigenvalue weighted by Gasteiger charge is 2.33. The van der Waals surface area contributed by atoms with Gasteiger partial charge in [-0.05, 0) is 35.7 Å². The average Bonchev–Trinajstić information content (AvgIpc) is 2.63. The third-order valence-electron chi connectivity index (χ3n) is 4.41. The predicted octanol–water partition coefficient (Wildman–Crippen LogP) is 4.63. The van der Waals surface area contributed by atoms with Crippen LogP contribution in [0.1, 0.15) is 27.5 Å². The SMILES string of the molecule is O=C1c2ccccc2C[C@@H](c2ccccc2)N1c1ccccc1. The van der Waals surface area contributed by atoms with Crippen LogP contribution in [0.2, 0.25) is 0 Å². The third kappa shape index (κ3) is 2.42. The molecule has 1 heterocycles. The number of benzene rings is 3. The first-order valence-corrected chi connectivity index (χ1v) is 7.86. The molecule has 0 fully saturated rings. The van der Waals surface area contributed by atoms with Gasteiger partial charge in [-0.2, -0.15) is 0 Å². The normalized spacial score (nSPS) is 17.0. The lowest BCUT2D eigenvalue weighted by Gasteiger charge is -2.37. The van der Waals surface area contributed by atoms with Crippen LogP contribution in [-0.4, -0.2) is 5.91 Å². The minimum absolute atomic E-state index is 0.0287. The molecule has 1 aliphatic heterocycles. The van der Waals surface area contributed by atoms with Crippen LogP contribution in [0.15, 0.2) is 84.9 Å². The lowest BCUT2D eigenvalue weighted by atomic mass is 9.89. The molecule has 0 aliphatic carbocycles. The zero-order valence-corrected chi connectivity index (χ0v) is 12.7. The van der Waals surface area contributed by atoms with Crippen LogP contribution in [0.4, 0.5) is 5.69 Å². The number of hydrogen-bond donors (Lipinski definition) is 0. The van der Waals surface area contributed by atoms with Gasteiger partial charge in [0.05, 0.1) is 6.04 Å². The van der Waals surface area contributed by atoms with Gasteiger partial charge < -0.3 is 4.90 Å². The van der Waals surface area contributed by atoms with Crippen molar-refractivity contribution in [2.24, 2.45) is 0 Å². The quantitative estimate of drug-likeness (QED) is 0.675. The molecule has 1 aliphatic rings. The number of carbonyl (C=O) groups excluding carboxylic acids is 1. The summed E-state index contributed by atoms with van der Waals surface area (Å²) in [5, 5.41) is 0. The summed E-state index contributed by atoms with van der Waals surface area (Å²) < 4.78 is 0. The minimum atomic E-state index is 0.0287. The highest BCUT2D eigenvalue weighted by atomic mass is 16.2. The lowest BCUT2D eigenvalue weighted by Crippen LogP contribution is -2.40. The van der Waals surface area contributed by atoms with Gasteiger partial charge in [-0.3, -0.25) is 4.79 Å². The van der Waals surface area contributed by atoms with E-state index in [-0.39, 0.29) is 11.9 Å². The zero-order chi connectivity index (χ0) is 15.6. The molecule has 0 unspecified atom stereocenters. The maximum atomic E-state index is 13.1. The fourth-order valence-electron chi connectivity index (χ4n) is 3.31. The van der Waals surface area contributed by atoms with Gasteiger partial charge in [-0.1, -0.05) is 66.7 Å². The van der Waals surface area contributed by atoms with E-state index >= 15 is 0 Å². The molecule has 0 saturated carbocycles. The van der Waals surface area contributed by atoms with E-state index in [1.54, 1.807) is 0 Å². The second-order valence-corrected chi connectivity index (χ2v) is 5.80. The average molecular weight is 299 g/mol. The zero-order valence-electron chi connectivity index (χ0n) is 12.7. The fraction of sp³-hybridized carbons (Fsp3) is 0.0952. The number of fused-ring (bicyclic) bond motifs is 1. The van der Waals surface area contributed by atoms with E-state index in [9.17, 15) is 4.79 Å². The van der Waals surface area contributed by atoms with Gasteiger partial charge in [0.2, 0.25) is 0 Å². The van der Waals surface area contributed by atoms with Crippen molar-refractivity contribution < 1.29 is 4.79 Å². The van der Waals surface area contributed by atoms with E-state index in [4.69, 9.17) is 0 Å². The van der Waals surface area contributed by atoms with Crippen molar-refractivity contribution in [3.05, 3.63) is 102 Å². The smallest absolute Gasteiger partial charge is 0.259 e. The maximum absolute atomic E-state index is 13.1. The summed E-state index contributed by atoms with van der Waals surface area (Å²) in [5.41, 5.74) is 4.04. The molecule has 0 radical (unpaired) electrons. The van der Waals surface area contributed by atoms with Crippen LogP contribution in [0.3, 0.4) is 0 Å². The highest BCUT2D eigenvalue weighted by Crippen LogP contribution is 2.36. The van der Waals surface area contributed by atoms with E-state index in [0.29, 0.717) is 0 Å². The molecular weight excluding hydrogens is 282 g/mol. The Bertz CT molecular complexity index is 827. The molecule has 2 nitrogen and oxygen atoms in total. The number of nitrogens with zero attached hydrogens (tertiary/aromatic N) is 1. The standard InChI is InChI=1S/C21H17NO/c23-21-19-14-8-7-11-17(19)15-20(16-9-3-1-4-10-16)22(21)18-12-5-2-6-13-18/h1-14,20H,15H2/t20-/m0/s1. The molecule has 3 aromatic carbocycles. The number of hydrogen-bond acceptors (Lipinski definition) is 1. The second kappa shape index (κ2) is 5.73. The van der Waals surface area contributed by atoms with Gasteiger partial charge >= 0.3 is 0 Å². The van der Waals surface area contributed by atoms with Gasteiger partial charge in [0.15, 0.2) is 0 Å². The molecule has 1 amide bonds. The monoisotopic (exact) mass is 299 g/mol. The molecule has 0 saturated heterocycles. The topological polar surface area (TPSA) is 20.3 Å². The number of amides is 1. The number of rotatable bonds is 2. The Labute approximate surface area is 136 Å².